The summed E-state index contributed by atoms with van der Waals surface area (Å²) < 4.78 is 4.80. The van der Waals surface area contributed by atoms with Crippen LogP contribution in [-0.4, -0.2) is 31.4 Å². The number of nitrogens with zero attached hydrogens (tertiary/aromatic N) is 1. The number of carbonyl (C=O) groups excluding carboxylic acids is 3. The summed E-state index contributed by atoms with van der Waals surface area (Å²) in [5.74, 6) is -1.40. The van der Waals surface area contributed by atoms with E-state index < -0.39 is 11.9 Å². The SMILES string of the molecule is COC(=O)c1ccccc1N1CC(C(=O)Nc2ccc(C(C)(C)C)cc2)CC1=O. The largest absolute Gasteiger partial charge is 0.465 e. The number of para-hydroxylation sites is 1. The zero-order chi connectivity index (χ0) is 21.2. The summed E-state index contributed by atoms with van der Waals surface area (Å²) in [6.45, 7) is 6.61. The van der Waals surface area contributed by atoms with Gasteiger partial charge in [0, 0.05) is 18.7 Å². The standard InChI is InChI=1S/C23H26N2O4/c1-23(2,3)16-9-11-17(12-10-16)24-21(27)15-13-20(26)25(14-15)19-8-6-5-7-18(19)22(28)29-4/h5-12,15H,13-14H2,1-4H3,(H,24,27). The van der Waals surface area contributed by atoms with Crippen LogP contribution in [-0.2, 0) is 19.7 Å². The van der Waals surface area contributed by atoms with Gasteiger partial charge in [-0.3, -0.25) is 9.59 Å². The zero-order valence-corrected chi connectivity index (χ0v) is 17.2. The number of hydrogen-bond acceptors (Lipinski definition) is 4. The van der Waals surface area contributed by atoms with E-state index in [2.05, 4.69) is 26.1 Å². The van der Waals surface area contributed by atoms with Crippen molar-refractivity contribution >= 4 is 29.2 Å². The number of anilines is 2. The van der Waals surface area contributed by atoms with E-state index in [1.807, 2.05) is 24.3 Å². The van der Waals surface area contributed by atoms with Gasteiger partial charge >= 0.3 is 5.97 Å². The van der Waals surface area contributed by atoms with Crippen LogP contribution in [0, 0.1) is 5.92 Å². The molecule has 1 fully saturated rings. The van der Waals surface area contributed by atoms with Crippen molar-refractivity contribution in [1.29, 1.82) is 0 Å². The maximum absolute atomic E-state index is 12.7. The second-order valence-corrected chi connectivity index (χ2v) is 8.23. The van der Waals surface area contributed by atoms with Crippen molar-refractivity contribution < 1.29 is 19.1 Å². The summed E-state index contributed by atoms with van der Waals surface area (Å²) >= 11 is 0. The highest BCUT2D eigenvalue weighted by atomic mass is 16.5. The van der Waals surface area contributed by atoms with Crippen LogP contribution in [0.4, 0.5) is 11.4 Å². The molecule has 1 N–H and O–H groups in total. The topological polar surface area (TPSA) is 75.7 Å². The van der Waals surface area contributed by atoms with Crippen molar-refractivity contribution in [3.63, 3.8) is 0 Å². The third kappa shape index (κ3) is 4.47. The van der Waals surface area contributed by atoms with E-state index in [0.29, 0.717) is 16.9 Å². The monoisotopic (exact) mass is 394 g/mol. The molecule has 1 unspecified atom stereocenters. The van der Waals surface area contributed by atoms with Crippen LogP contribution in [0.3, 0.4) is 0 Å². The number of hydrogen-bond donors (Lipinski definition) is 1. The Balaban J connectivity index is 1.72. The van der Waals surface area contributed by atoms with E-state index in [0.717, 1.165) is 0 Å². The minimum atomic E-state index is -0.514. The fourth-order valence-electron chi connectivity index (χ4n) is 3.41. The average Bonchev–Trinajstić information content (AvgIpc) is 3.09. The smallest absolute Gasteiger partial charge is 0.339 e. The first-order valence-corrected chi connectivity index (χ1v) is 9.60. The van der Waals surface area contributed by atoms with E-state index in [1.54, 1.807) is 24.3 Å². The highest BCUT2D eigenvalue weighted by Gasteiger charge is 2.36. The molecule has 0 aliphatic carbocycles. The average molecular weight is 394 g/mol. The molecule has 0 radical (unpaired) electrons. The van der Waals surface area contributed by atoms with Gasteiger partial charge in [0.1, 0.15) is 0 Å². The van der Waals surface area contributed by atoms with Gasteiger partial charge < -0.3 is 15.0 Å². The van der Waals surface area contributed by atoms with Gasteiger partial charge in [-0.1, -0.05) is 45.0 Å². The lowest BCUT2D eigenvalue weighted by molar-refractivity contribution is -0.122. The highest BCUT2D eigenvalue weighted by Crippen LogP contribution is 2.30. The molecule has 1 heterocycles. The molecule has 152 valence electrons. The van der Waals surface area contributed by atoms with Crippen molar-refractivity contribution in [1.82, 2.24) is 0 Å². The van der Waals surface area contributed by atoms with Crippen LogP contribution in [0.25, 0.3) is 0 Å². The van der Waals surface area contributed by atoms with E-state index in [-0.39, 0.29) is 30.2 Å². The summed E-state index contributed by atoms with van der Waals surface area (Å²) in [6, 6.07) is 14.5. The van der Waals surface area contributed by atoms with E-state index >= 15 is 0 Å². The first kappa shape index (κ1) is 20.6. The fourth-order valence-corrected chi connectivity index (χ4v) is 3.41. The molecule has 0 bridgehead atoms. The third-order valence-corrected chi connectivity index (χ3v) is 5.11. The van der Waals surface area contributed by atoms with Crippen LogP contribution in [0.5, 0.6) is 0 Å². The second kappa shape index (κ2) is 8.07. The molecule has 2 aromatic rings. The van der Waals surface area contributed by atoms with Crippen molar-refractivity contribution in [2.75, 3.05) is 23.9 Å². The zero-order valence-electron chi connectivity index (χ0n) is 17.2. The number of rotatable bonds is 4. The molecule has 0 spiro atoms. The van der Waals surface area contributed by atoms with Crippen LogP contribution in [0.1, 0.15) is 43.1 Å². The molecular weight excluding hydrogens is 368 g/mol. The summed E-state index contributed by atoms with van der Waals surface area (Å²) in [5.41, 5.74) is 2.69. The lowest BCUT2D eigenvalue weighted by atomic mass is 9.87. The molecule has 3 rings (SSSR count). The van der Waals surface area contributed by atoms with Gasteiger partial charge in [0.25, 0.3) is 0 Å². The lowest BCUT2D eigenvalue weighted by Gasteiger charge is -2.20. The Morgan fingerprint density at radius 1 is 1.07 bits per heavy atom. The molecule has 1 aliphatic rings. The van der Waals surface area contributed by atoms with Crippen molar-refractivity contribution in [3.05, 3.63) is 59.7 Å². The van der Waals surface area contributed by atoms with Crippen LogP contribution in [0.2, 0.25) is 0 Å². The molecule has 6 nitrogen and oxygen atoms in total. The van der Waals surface area contributed by atoms with Crippen molar-refractivity contribution in [2.24, 2.45) is 5.92 Å². The Hall–Kier alpha value is -3.15. The van der Waals surface area contributed by atoms with Crippen LogP contribution >= 0.6 is 0 Å². The summed E-state index contributed by atoms with van der Waals surface area (Å²) in [6.07, 6.45) is 0.0986. The molecule has 0 aromatic heterocycles. The van der Waals surface area contributed by atoms with Gasteiger partial charge in [-0.25, -0.2) is 4.79 Å². The predicted octanol–water partition coefficient (Wildman–Crippen LogP) is 3.76. The van der Waals surface area contributed by atoms with Gasteiger partial charge in [0.05, 0.1) is 24.3 Å². The Labute approximate surface area is 170 Å². The second-order valence-electron chi connectivity index (χ2n) is 8.23. The number of ether oxygens (including phenoxy) is 1. The first-order valence-electron chi connectivity index (χ1n) is 9.60. The number of amides is 2. The maximum atomic E-state index is 12.7. The molecule has 29 heavy (non-hydrogen) atoms. The van der Waals surface area contributed by atoms with Gasteiger partial charge in [-0.15, -0.1) is 0 Å². The van der Waals surface area contributed by atoms with Crippen molar-refractivity contribution in [2.45, 2.75) is 32.6 Å². The Morgan fingerprint density at radius 3 is 2.34 bits per heavy atom. The third-order valence-electron chi connectivity index (χ3n) is 5.11. The van der Waals surface area contributed by atoms with E-state index in [1.165, 1.54) is 17.6 Å². The van der Waals surface area contributed by atoms with E-state index in [9.17, 15) is 14.4 Å². The number of methoxy groups -OCH3 is 1. The van der Waals surface area contributed by atoms with Gasteiger partial charge in [0.15, 0.2) is 0 Å². The molecule has 1 atom stereocenters. The summed E-state index contributed by atoms with van der Waals surface area (Å²) in [4.78, 5) is 38.8. The van der Waals surface area contributed by atoms with Crippen molar-refractivity contribution in [3.8, 4) is 0 Å². The molecular formula is C23H26N2O4. The highest BCUT2D eigenvalue weighted by molar-refractivity contribution is 6.07. The van der Waals surface area contributed by atoms with E-state index in [4.69, 9.17) is 4.74 Å². The first-order chi connectivity index (χ1) is 13.7. The number of benzene rings is 2. The predicted molar refractivity (Wildman–Crippen MR) is 112 cm³/mol. The maximum Gasteiger partial charge on any atom is 0.339 e. The summed E-state index contributed by atoms with van der Waals surface area (Å²) in [5, 5.41) is 2.89. The fraction of sp³-hybridized carbons (Fsp3) is 0.348. The van der Waals surface area contributed by atoms with Gasteiger partial charge in [-0.05, 0) is 35.2 Å². The molecule has 1 aliphatic heterocycles. The minimum absolute atomic E-state index is 0.0357. The number of nitrogens with one attached hydrogen (secondary N) is 1. The van der Waals surface area contributed by atoms with Gasteiger partial charge in [0.2, 0.25) is 11.8 Å². The molecule has 6 heteroatoms. The van der Waals surface area contributed by atoms with Crippen LogP contribution < -0.4 is 10.2 Å². The summed E-state index contributed by atoms with van der Waals surface area (Å²) in [7, 11) is 1.30. The van der Waals surface area contributed by atoms with Gasteiger partial charge in [-0.2, -0.15) is 0 Å². The molecule has 2 aromatic carbocycles. The normalized spacial score (nSPS) is 16.6. The van der Waals surface area contributed by atoms with Crippen LogP contribution in [0.15, 0.2) is 48.5 Å². The molecule has 1 saturated heterocycles. The number of esters is 1. The molecule has 0 saturated carbocycles. The minimum Gasteiger partial charge on any atom is -0.465 e. The number of carbonyl (C=O) groups is 3. The Morgan fingerprint density at radius 2 is 1.72 bits per heavy atom. The quantitative estimate of drug-likeness (QED) is 0.801. The lowest BCUT2D eigenvalue weighted by Crippen LogP contribution is -2.29. The Bertz CT molecular complexity index is 929. The Kier molecular flexibility index (Phi) is 5.73. The molecule has 2 amide bonds.